The van der Waals surface area contributed by atoms with E-state index in [1.165, 1.54) is 0 Å². The predicted molar refractivity (Wildman–Crippen MR) is 136 cm³/mol. The van der Waals surface area contributed by atoms with E-state index in [1.54, 1.807) is 12.1 Å². The summed E-state index contributed by atoms with van der Waals surface area (Å²) in [7, 11) is 0. The average molecular weight is 462 g/mol. The van der Waals surface area contributed by atoms with Crippen molar-refractivity contribution in [1.29, 1.82) is 0 Å². The summed E-state index contributed by atoms with van der Waals surface area (Å²) >= 11 is 0. The largest absolute Gasteiger partial charge is 0.493 e. The Morgan fingerprint density at radius 2 is 1.97 bits per heavy atom. The van der Waals surface area contributed by atoms with Crippen molar-refractivity contribution < 1.29 is 14.3 Å². The molecule has 1 saturated heterocycles. The number of aryl methyl sites for hydroxylation is 1. The number of rotatable bonds is 8. The van der Waals surface area contributed by atoms with Crippen LogP contribution in [0.1, 0.15) is 48.7 Å². The van der Waals surface area contributed by atoms with Gasteiger partial charge in [0.25, 0.3) is 5.91 Å². The van der Waals surface area contributed by atoms with Crippen LogP contribution in [0.3, 0.4) is 0 Å². The highest BCUT2D eigenvalue weighted by Crippen LogP contribution is 2.26. The topological polar surface area (TPSA) is 72.5 Å². The predicted octanol–water partition coefficient (Wildman–Crippen LogP) is 5.35. The normalized spacial score (nSPS) is 16.1. The Kier molecular flexibility index (Phi) is 7.49. The molecule has 0 radical (unpaired) electrons. The Labute approximate surface area is 202 Å². The zero-order valence-electron chi connectivity index (χ0n) is 20.6. The molecule has 1 aromatic heterocycles. The molecule has 34 heavy (non-hydrogen) atoms. The van der Waals surface area contributed by atoms with Crippen LogP contribution in [0.25, 0.3) is 10.9 Å². The fourth-order valence-electron chi connectivity index (χ4n) is 4.03. The molecule has 0 saturated carbocycles. The van der Waals surface area contributed by atoms with E-state index in [2.05, 4.69) is 42.5 Å². The third-order valence-corrected chi connectivity index (χ3v) is 6.02. The molecule has 1 unspecified atom stereocenters. The number of anilines is 1. The minimum absolute atomic E-state index is 0.152. The van der Waals surface area contributed by atoms with Crippen LogP contribution in [-0.2, 0) is 11.3 Å². The molecule has 4 rings (SSSR count). The van der Waals surface area contributed by atoms with Gasteiger partial charge in [0.05, 0.1) is 18.7 Å². The van der Waals surface area contributed by atoms with Crippen molar-refractivity contribution in [2.45, 2.75) is 40.7 Å². The molecule has 1 aliphatic heterocycles. The minimum atomic E-state index is -0.152. The van der Waals surface area contributed by atoms with E-state index in [9.17, 15) is 4.79 Å². The molecule has 6 nitrogen and oxygen atoms in total. The Morgan fingerprint density at radius 3 is 2.68 bits per heavy atom. The average Bonchev–Trinajstić information content (AvgIpc) is 3.33. The molecule has 1 atom stereocenters. The van der Waals surface area contributed by atoms with Gasteiger partial charge in [0.2, 0.25) is 0 Å². The summed E-state index contributed by atoms with van der Waals surface area (Å²) in [6.45, 7) is 12.6. The second-order valence-corrected chi connectivity index (χ2v) is 10.3. The number of aromatic nitrogens is 1. The summed E-state index contributed by atoms with van der Waals surface area (Å²) in [5.41, 5.74) is 4.60. The Hall–Kier alpha value is -2.96. The van der Waals surface area contributed by atoms with E-state index in [4.69, 9.17) is 9.47 Å². The molecule has 2 N–H and O–H groups in total. The van der Waals surface area contributed by atoms with Gasteiger partial charge in [-0.2, -0.15) is 0 Å². The van der Waals surface area contributed by atoms with E-state index in [-0.39, 0.29) is 11.3 Å². The lowest BCUT2D eigenvalue weighted by atomic mass is 9.97. The Morgan fingerprint density at radius 1 is 1.18 bits per heavy atom. The number of carbonyl (C=O) groups is 1. The molecular formula is C28H35N3O3. The highest BCUT2D eigenvalue weighted by molar-refractivity contribution is 6.06. The van der Waals surface area contributed by atoms with Crippen LogP contribution in [-0.4, -0.2) is 37.3 Å². The zero-order valence-corrected chi connectivity index (χ0v) is 20.6. The first kappa shape index (κ1) is 24.2. The molecule has 2 heterocycles. The van der Waals surface area contributed by atoms with Crippen LogP contribution in [0.5, 0.6) is 5.75 Å². The Bertz CT molecular complexity index is 1130. The van der Waals surface area contributed by atoms with Gasteiger partial charge in [0, 0.05) is 48.4 Å². The van der Waals surface area contributed by atoms with Crippen molar-refractivity contribution in [1.82, 2.24) is 10.3 Å². The summed E-state index contributed by atoms with van der Waals surface area (Å²) in [6, 6.07) is 13.4. The third kappa shape index (κ3) is 6.33. The van der Waals surface area contributed by atoms with Gasteiger partial charge >= 0.3 is 0 Å². The molecule has 3 aromatic rings. The van der Waals surface area contributed by atoms with E-state index in [0.29, 0.717) is 18.1 Å². The Balaban J connectivity index is 1.38. The van der Waals surface area contributed by atoms with Gasteiger partial charge in [-0.25, -0.2) is 0 Å². The van der Waals surface area contributed by atoms with Crippen molar-refractivity contribution in [3.8, 4) is 5.75 Å². The molecular weight excluding hydrogens is 426 g/mol. The number of hydrogen-bond acceptors (Lipinski definition) is 5. The van der Waals surface area contributed by atoms with E-state index < -0.39 is 0 Å². The number of hydrogen-bond donors (Lipinski definition) is 2. The fraction of sp³-hybridized carbons (Fsp3) is 0.429. The lowest BCUT2D eigenvalue weighted by Gasteiger charge is -2.19. The molecule has 1 amide bonds. The quantitative estimate of drug-likeness (QED) is 0.473. The maximum Gasteiger partial charge on any atom is 0.255 e. The lowest BCUT2D eigenvalue weighted by molar-refractivity contribution is 0.102. The summed E-state index contributed by atoms with van der Waals surface area (Å²) in [5.74, 6) is 1.06. The standard InChI is InChI=1S/C28H35N3O3/c1-19-25(10-7-23-13-21(15-30-26(19)23)14-29-18-28(2,3)4)31-27(32)22-5-8-24(9-6-22)34-17-20-11-12-33-16-20/h5-10,13,15,20,29H,11-12,14,16-18H2,1-4H3,(H,31,32). The first-order valence-electron chi connectivity index (χ1n) is 12.0. The number of carbonyl (C=O) groups excluding carboxylic acids is 1. The number of benzene rings is 2. The van der Waals surface area contributed by atoms with Crippen molar-refractivity contribution in [3.63, 3.8) is 0 Å². The summed E-state index contributed by atoms with van der Waals surface area (Å²) in [4.78, 5) is 17.5. The third-order valence-electron chi connectivity index (χ3n) is 6.02. The van der Waals surface area contributed by atoms with E-state index in [0.717, 1.165) is 66.2 Å². The number of pyridine rings is 1. The van der Waals surface area contributed by atoms with E-state index in [1.807, 2.05) is 37.4 Å². The number of nitrogens with one attached hydrogen (secondary N) is 2. The first-order chi connectivity index (χ1) is 16.3. The number of fused-ring (bicyclic) bond motifs is 1. The van der Waals surface area contributed by atoms with E-state index >= 15 is 0 Å². The van der Waals surface area contributed by atoms with Crippen LogP contribution in [0.4, 0.5) is 5.69 Å². The number of nitrogens with zero attached hydrogens (tertiary/aromatic N) is 1. The molecule has 180 valence electrons. The molecule has 6 heteroatoms. The maximum atomic E-state index is 12.8. The second-order valence-electron chi connectivity index (χ2n) is 10.3. The highest BCUT2D eigenvalue weighted by Gasteiger charge is 2.16. The maximum absolute atomic E-state index is 12.8. The summed E-state index contributed by atoms with van der Waals surface area (Å²) in [6.07, 6.45) is 2.95. The van der Waals surface area contributed by atoms with Crippen LogP contribution >= 0.6 is 0 Å². The first-order valence-corrected chi connectivity index (χ1v) is 12.0. The fourth-order valence-corrected chi connectivity index (χ4v) is 4.03. The van der Waals surface area contributed by atoms with Crippen LogP contribution in [0.15, 0.2) is 48.7 Å². The van der Waals surface area contributed by atoms with Crippen LogP contribution in [0, 0.1) is 18.3 Å². The van der Waals surface area contributed by atoms with Crippen LogP contribution < -0.4 is 15.4 Å². The summed E-state index contributed by atoms with van der Waals surface area (Å²) < 4.78 is 11.2. The zero-order chi connectivity index (χ0) is 24.1. The molecule has 0 spiro atoms. The lowest BCUT2D eigenvalue weighted by Crippen LogP contribution is -2.26. The smallest absolute Gasteiger partial charge is 0.255 e. The monoisotopic (exact) mass is 461 g/mol. The van der Waals surface area contributed by atoms with Crippen molar-refractivity contribution in [3.05, 3.63) is 65.4 Å². The van der Waals surface area contributed by atoms with Gasteiger partial charge in [0.15, 0.2) is 0 Å². The highest BCUT2D eigenvalue weighted by atomic mass is 16.5. The molecule has 1 aliphatic rings. The van der Waals surface area contributed by atoms with Gasteiger partial charge in [-0.15, -0.1) is 0 Å². The summed E-state index contributed by atoms with van der Waals surface area (Å²) in [5, 5.41) is 7.59. The van der Waals surface area contributed by atoms with Gasteiger partial charge < -0.3 is 20.1 Å². The molecule has 0 bridgehead atoms. The molecule has 0 aliphatic carbocycles. The minimum Gasteiger partial charge on any atom is -0.493 e. The second kappa shape index (κ2) is 10.5. The van der Waals surface area contributed by atoms with Crippen molar-refractivity contribution in [2.24, 2.45) is 11.3 Å². The van der Waals surface area contributed by atoms with Gasteiger partial charge in [-0.05, 0) is 66.3 Å². The van der Waals surface area contributed by atoms with Crippen molar-refractivity contribution in [2.75, 3.05) is 31.7 Å². The number of amides is 1. The molecule has 2 aromatic carbocycles. The van der Waals surface area contributed by atoms with Gasteiger partial charge in [-0.3, -0.25) is 9.78 Å². The van der Waals surface area contributed by atoms with Crippen LogP contribution in [0.2, 0.25) is 0 Å². The van der Waals surface area contributed by atoms with Gasteiger partial charge in [0.1, 0.15) is 5.75 Å². The van der Waals surface area contributed by atoms with Crippen molar-refractivity contribution >= 4 is 22.5 Å². The SMILES string of the molecule is Cc1c(NC(=O)c2ccc(OCC3CCOC3)cc2)ccc2cc(CNCC(C)(C)C)cnc12. The number of ether oxygens (including phenoxy) is 2. The molecule has 1 fully saturated rings. The van der Waals surface area contributed by atoms with Gasteiger partial charge in [-0.1, -0.05) is 26.8 Å².